The molecule has 1 aromatic carbocycles. The van der Waals surface area contributed by atoms with Crippen molar-refractivity contribution in [2.24, 2.45) is 5.84 Å². The first kappa shape index (κ1) is 11.6. The van der Waals surface area contributed by atoms with Crippen LogP contribution in [0.4, 0.5) is 0 Å². The maximum atomic E-state index is 10.9. The zero-order valence-electron chi connectivity index (χ0n) is 9.76. The summed E-state index contributed by atoms with van der Waals surface area (Å²) in [7, 11) is 1.84. The highest BCUT2D eigenvalue weighted by molar-refractivity contribution is 5.25. The van der Waals surface area contributed by atoms with Crippen LogP contribution in [0.15, 0.2) is 30.3 Å². The molecule has 0 bridgehead atoms. The van der Waals surface area contributed by atoms with Crippen LogP contribution in [0.2, 0.25) is 0 Å². The Bertz CT molecular complexity index is 339. The van der Waals surface area contributed by atoms with Gasteiger partial charge in [0.2, 0.25) is 0 Å². The molecule has 0 saturated heterocycles. The maximum Gasteiger partial charge on any atom is 0.106 e. The fraction of sp³-hybridized carbons (Fsp3) is 0.538. The van der Waals surface area contributed by atoms with Crippen molar-refractivity contribution < 1.29 is 5.11 Å². The highest BCUT2D eigenvalue weighted by atomic mass is 16.3. The van der Waals surface area contributed by atoms with E-state index >= 15 is 0 Å². The Morgan fingerprint density at radius 1 is 1.31 bits per heavy atom. The Balaban J connectivity index is 2.33. The van der Waals surface area contributed by atoms with Crippen molar-refractivity contribution in [2.75, 3.05) is 7.05 Å². The summed E-state index contributed by atoms with van der Waals surface area (Å²) in [5.41, 5.74) is 0.195. The lowest BCUT2D eigenvalue weighted by molar-refractivity contribution is -0.0732. The van der Waals surface area contributed by atoms with E-state index in [1.54, 1.807) is 5.01 Å². The minimum Gasteiger partial charge on any atom is -0.383 e. The summed E-state index contributed by atoms with van der Waals surface area (Å²) in [5, 5.41) is 12.5. The first-order valence-corrected chi connectivity index (χ1v) is 5.90. The second-order valence-electron chi connectivity index (χ2n) is 4.72. The Kier molecular flexibility index (Phi) is 3.28. The quantitative estimate of drug-likeness (QED) is 0.588. The Morgan fingerprint density at radius 3 is 2.62 bits per heavy atom. The minimum absolute atomic E-state index is 0.0173. The van der Waals surface area contributed by atoms with Crippen molar-refractivity contribution in [3.8, 4) is 0 Å². The Hall–Kier alpha value is -0.900. The number of rotatable bonds is 2. The summed E-state index contributed by atoms with van der Waals surface area (Å²) < 4.78 is 0. The van der Waals surface area contributed by atoms with E-state index in [9.17, 15) is 5.11 Å². The van der Waals surface area contributed by atoms with Gasteiger partial charge in [-0.2, -0.15) is 0 Å². The highest BCUT2D eigenvalue weighted by Gasteiger charge is 2.41. The molecule has 1 saturated carbocycles. The predicted molar refractivity (Wildman–Crippen MR) is 64.5 cm³/mol. The monoisotopic (exact) mass is 220 g/mol. The van der Waals surface area contributed by atoms with Gasteiger partial charge in [-0.3, -0.25) is 5.84 Å². The molecule has 16 heavy (non-hydrogen) atoms. The fourth-order valence-corrected chi connectivity index (χ4v) is 2.74. The molecule has 2 rings (SSSR count). The molecular weight excluding hydrogens is 200 g/mol. The van der Waals surface area contributed by atoms with Crippen LogP contribution in [0.1, 0.15) is 31.2 Å². The lowest BCUT2D eigenvalue weighted by atomic mass is 9.75. The molecule has 1 aliphatic carbocycles. The van der Waals surface area contributed by atoms with Gasteiger partial charge < -0.3 is 5.11 Å². The molecule has 0 aliphatic heterocycles. The van der Waals surface area contributed by atoms with Crippen LogP contribution in [0.5, 0.6) is 0 Å². The summed E-state index contributed by atoms with van der Waals surface area (Å²) in [6.45, 7) is 0. The van der Waals surface area contributed by atoms with Crippen LogP contribution in [0.3, 0.4) is 0 Å². The molecule has 1 fully saturated rings. The van der Waals surface area contributed by atoms with Crippen LogP contribution < -0.4 is 5.84 Å². The zero-order valence-corrected chi connectivity index (χ0v) is 9.76. The Labute approximate surface area is 96.8 Å². The number of nitrogens with zero attached hydrogens (tertiary/aromatic N) is 1. The van der Waals surface area contributed by atoms with Crippen molar-refractivity contribution in [1.82, 2.24) is 5.01 Å². The smallest absolute Gasteiger partial charge is 0.106 e. The second kappa shape index (κ2) is 4.53. The van der Waals surface area contributed by atoms with E-state index in [1.165, 1.54) is 0 Å². The van der Waals surface area contributed by atoms with Gasteiger partial charge in [-0.15, -0.1) is 0 Å². The van der Waals surface area contributed by atoms with Gasteiger partial charge in [-0.25, -0.2) is 5.01 Å². The van der Waals surface area contributed by atoms with E-state index < -0.39 is 5.60 Å². The number of hydrogen-bond acceptors (Lipinski definition) is 3. The van der Waals surface area contributed by atoms with Crippen LogP contribution in [0.25, 0.3) is 0 Å². The average molecular weight is 220 g/mol. The van der Waals surface area contributed by atoms with Gasteiger partial charge in [0.15, 0.2) is 0 Å². The van der Waals surface area contributed by atoms with Crippen molar-refractivity contribution in [1.29, 1.82) is 0 Å². The minimum atomic E-state index is -0.789. The standard InChI is InChI=1S/C13H20N2O/c1-15(14)12-9-5-6-10-13(12,16)11-7-3-2-4-8-11/h2-4,7-8,12,16H,5-6,9-10,14H2,1H3/t12?,13-/m0/s1. The van der Waals surface area contributed by atoms with E-state index in [-0.39, 0.29) is 6.04 Å². The third-order valence-corrected chi connectivity index (χ3v) is 3.60. The van der Waals surface area contributed by atoms with Crippen molar-refractivity contribution in [3.63, 3.8) is 0 Å². The molecule has 88 valence electrons. The van der Waals surface area contributed by atoms with Crippen molar-refractivity contribution in [3.05, 3.63) is 35.9 Å². The lowest BCUT2D eigenvalue weighted by Crippen LogP contribution is -2.53. The van der Waals surface area contributed by atoms with Gasteiger partial charge in [0.1, 0.15) is 5.60 Å². The van der Waals surface area contributed by atoms with E-state index in [1.807, 2.05) is 37.4 Å². The molecule has 2 atom stereocenters. The first-order valence-electron chi connectivity index (χ1n) is 5.90. The molecule has 1 aromatic rings. The molecule has 3 heteroatoms. The van der Waals surface area contributed by atoms with Crippen LogP contribution in [-0.4, -0.2) is 23.2 Å². The van der Waals surface area contributed by atoms with Gasteiger partial charge >= 0.3 is 0 Å². The molecule has 0 amide bonds. The van der Waals surface area contributed by atoms with Gasteiger partial charge in [0, 0.05) is 7.05 Å². The third kappa shape index (κ3) is 1.98. The van der Waals surface area contributed by atoms with Crippen molar-refractivity contribution >= 4 is 0 Å². The molecular formula is C13H20N2O. The molecule has 0 radical (unpaired) electrons. The summed E-state index contributed by atoms with van der Waals surface area (Å²) in [4.78, 5) is 0. The maximum absolute atomic E-state index is 10.9. The number of hydrazine groups is 1. The number of likely N-dealkylation sites (N-methyl/N-ethyl adjacent to an activating group) is 1. The summed E-state index contributed by atoms with van der Waals surface area (Å²) >= 11 is 0. The molecule has 3 nitrogen and oxygen atoms in total. The molecule has 1 unspecified atom stereocenters. The molecule has 3 N–H and O–H groups in total. The molecule has 1 aliphatic rings. The molecule has 0 spiro atoms. The van der Waals surface area contributed by atoms with Crippen LogP contribution in [0, 0.1) is 0 Å². The average Bonchev–Trinajstić information content (AvgIpc) is 2.30. The van der Waals surface area contributed by atoms with Gasteiger partial charge in [0.05, 0.1) is 6.04 Å². The van der Waals surface area contributed by atoms with Crippen LogP contribution in [-0.2, 0) is 5.60 Å². The third-order valence-electron chi connectivity index (χ3n) is 3.60. The van der Waals surface area contributed by atoms with Crippen LogP contribution >= 0.6 is 0 Å². The Morgan fingerprint density at radius 2 is 2.00 bits per heavy atom. The topological polar surface area (TPSA) is 49.5 Å². The van der Waals surface area contributed by atoms with E-state index in [2.05, 4.69) is 0 Å². The van der Waals surface area contributed by atoms with E-state index in [4.69, 9.17) is 5.84 Å². The zero-order chi connectivity index (χ0) is 11.6. The molecule has 0 heterocycles. The summed E-state index contributed by atoms with van der Waals surface area (Å²) in [6, 6.07) is 9.90. The highest BCUT2D eigenvalue weighted by Crippen LogP contribution is 2.38. The SMILES string of the molecule is CN(N)C1CCCC[C@]1(O)c1ccccc1. The fourth-order valence-electron chi connectivity index (χ4n) is 2.74. The summed E-state index contributed by atoms with van der Waals surface area (Å²) in [6.07, 6.45) is 3.96. The number of benzene rings is 1. The van der Waals surface area contributed by atoms with Gasteiger partial charge in [-0.1, -0.05) is 43.2 Å². The van der Waals surface area contributed by atoms with E-state index in [0.29, 0.717) is 0 Å². The van der Waals surface area contributed by atoms with Crippen molar-refractivity contribution in [2.45, 2.75) is 37.3 Å². The van der Waals surface area contributed by atoms with Gasteiger partial charge in [-0.05, 0) is 18.4 Å². The molecule has 0 aromatic heterocycles. The second-order valence-corrected chi connectivity index (χ2v) is 4.72. The predicted octanol–water partition coefficient (Wildman–Crippen LogP) is 1.62. The number of nitrogens with two attached hydrogens (primary N) is 1. The number of aliphatic hydroxyl groups is 1. The largest absolute Gasteiger partial charge is 0.383 e. The lowest BCUT2D eigenvalue weighted by Gasteiger charge is -2.43. The number of hydrogen-bond donors (Lipinski definition) is 2. The normalized spacial score (nSPS) is 30.6. The van der Waals surface area contributed by atoms with E-state index in [0.717, 1.165) is 31.2 Å². The first-order chi connectivity index (χ1) is 7.64. The summed E-state index contributed by atoms with van der Waals surface area (Å²) in [5.74, 6) is 5.85. The van der Waals surface area contributed by atoms with Gasteiger partial charge in [0.25, 0.3) is 0 Å².